The molecule has 0 amide bonds. The van der Waals surface area contributed by atoms with E-state index in [4.69, 9.17) is 5.11 Å². The van der Waals surface area contributed by atoms with Crippen LogP contribution in [0.15, 0.2) is 12.2 Å². The van der Waals surface area contributed by atoms with Crippen molar-refractivity contribution in [2.75, 3.05) is 7.05 Å². The van der Waals surface area contributed by atoms with Gasteiger partial charge >= 0.3 is 5.97 Å². The van der Waals surface area contributed by atoms with Crippen LogP contribution >= 0.6 is 12.6 Å². The number of thiol groups is 1. The van der Waals surface area contributed by atoms with E-state index >= 15 is 0 Å². The van der Waals surface area contributed by atoms with Gasteiger partial charge in [0.15, 0.2) is 0 Å². The predicted octanol–water partition coefficient (Wildman–Crippen LogP) is 1.56. The number of aliphatic carboxylic acids is 1. The normalized spacial score (nSPS) is 18.0. The lowest BCUT2D eigenvalue weighted by molar-refractivity contribution is -0.139. The van der Waals surface area contributed by atoms with Gasteiger partial charge < -0.3 is 10.4 Å². The maximum absolute atomic E-state index is 10.8. The van der Waals surface area contributed by atoms with Crippen molar-refractivity contribution < 1.29 is 9.90 Å². The van der Waals surface area contributed by atoms with Crippen LogP contribution in [0.3, 0.4) is 0 Å². The highest BCUT2D eigenvalue weighted by Crippen LogP contribution is 2.18. The minimum atomic E-state index is -0.847. The summed E-state index contributed by atoms with van der Waals surface area (Å²) in [6, 6.07) is -0.585. The SMILES string of the molecule is C/C=C/C[C@@H](C)[C@@H](S)[C@@H](NC)C(=O)O. The molecule has 0 radical (unpaired) electrons. The average molecular weight is 217 g/mol. The molecule has 14 heavy (non-hydrogen) atoms. The maximum Gasteiger partial charge on any atom is 0.321 e. The lowest BCUT2D eigenvalue weighted by Crippen LogP contribution is -2.44. The van der Waals surface area contributed by atoms with E-state index in [0.29, 0.717) is 0 Å². The predicted molar refractivity (Wildman–Crippen MR) is 61.9 cm³/mol. The summed E-state index contributed by atoms with van der Waals surface area (Å²) in [6.07, 6.45) is 4.85. The first-order valence-corrected chi connectivity index (χ1v) is 5.25. The second-order valence-corrected chi connectivity index (χ2v) is 3.97. The summed E-state index contributed by atoms with van der Waals surface area (Å²) in [5.74, 6) is -0.608. The standard InChI is InChI=1S/C10H19NO2S/c1-4-5-6-7(2)9(14)8(11-3)10(12)13/h4-5,7-9,11,14H,6H2,1-3H3,(H,12,13)/b5-4+/t7-,8-,9-/m1/s1. The molecule has 0 fully saturated rings. The van der Waals surface area contributed by atoms with Gasteiger partial charge in [0.2, 0.25) is 0 Å². The molecular weight excluding hydrogens is 198 g/mol. The van der Waals surface area contributed by atoms with Crippen LogP contribution in [0, 0.1) is 5.92 Å². The van der Waals surface area contributed by atoms with Crippen molar-refractivity contribution in [3.05, 3.63) is 12.2 Å². The van der Waals surface area contributed by atoms with Gasteiger partial charge in [-0.15, -0.1) is 0 Å². The summed E-state index contributed by atoms with van der Waals surface area (Å²) in [5, 5.41) is 11.5. The summed E-state index contributed by atoms with van der Waals surface area (Å²) in [5.41, 5.74) is 0. The van der Waals surface area contributed by atoms with Crippen molar-refractivity contribution in [1.29, 1.82) is 0 Å². The molecule has 0 heterocycles. The Balaban J connectivity index is 4.26. The number of nitrogens with one attached hydrogen (secondary N) is 1. The smallest absolute Gasteiger partial charge is 0.321 e. The van der Waals surface area contributed by atoms with Crippen LogP contribution in [0.25, 0.3) is 0 Å². The van der Waals surface area contributed by atoms with Gasteiger partial charge in [0.05, 0.1) is 0 Å². The molecule has 0 aromatic heterocycles. The number of rotatable bonds is 6. The van der Waals surface area contributed by atoms with E-state index in [2.05, 4.69) is 17.9 Å². The minimum Gasteiger partial charge on any atom is -0.480 e. The molecule has 0 aliphatic rings. The van der Waals surface area contributed by atoms with Gasteiger partial charge in [0, 0.05) is 5.25 Å². The molecule has 4 heteroatoms. The van der Waals surface area contributed by atoms with E-state index in [9.17, 15) is 4.79 Å². The van der Waals surface area contributed by atoms with Crippen molar-refractivity contribution in [3.63, 3.8) is 0 Å². The van der Waals surface area contributed by atoms with Gasteiger partial charge in [0.1, 0.15) is 6.04 Å². The number of carbonyl (C=O) groups is 1. The zero-order valence-corrected chi connectivity index (χ0v) is 9.79. The van der Waals surface area contributed by atoms with Crippen molar-refractivity contribution in [1.82, 2.24) is 5.32 Å². The monoisotopic (exact) mass is 217 g/mol. The Labute approximate surface area is 91.0 Å². The zero-order chi connectivity index (χ0) is 11.1. The van der Waals surface area contributed by atoms with Crippen molar-refractivity contribution in [3.8, 4) is 0 Å². The molecule has 3 nitrogen and oxygen atoms in total. The average Bonchev–Trinajstić information content (AvgIpc) is 2.14. The molecular formula is C10H19NO2S. The van der Waals surface area contributed by atoms with E-state index < -0.39 is 12.0 Å². The fourth-order valence-corrected chi connectivity index (χ4v) is 1.66. The maximum atomic E-state index is 10.8. The van der Waals surface area contributed by atoms with Crippen LogP contribution < -0.4 is 5.32 Å². The number of allylic oxidation sites excluding steroid dienone is 2. The van der Waals surface area contributed by atoms with Crippen LogP contribution in [-0.2, 0) is 4.79 Å². The van der Waals surface area contributed by atoms with Gasteiger partial charge in [-0.25, -0.2) is 0 Å². The molecule has 0 bridgehead atoms. The third-order valence-electron chi connectivity index (χ3n) is 2.25. The van der Waals surface area contributed by atoms with Crippen LogP contribution in [0.1, 0.15) is 20.3 Å². The van der Waals surface area contributed by atoms with Crippen LogP contribution in [-0.4, -0.2) is 29.4 Å². The summed E-state index contributed by atoms with van der Waals surface area (Å²) < 4.78 is 0. The highest BCUT2D eigenvalue weighted by molar-refractivity contribution is 7.81. The molecule has 0 unspecified atom stereocenters. The fourth-order valence-electron chi connectivity index (χ4n) is 1.26. The first-order chi connectivity index (χ1) is 6.54. The van der Waals surface area contributed by atoms with E-state index in [0.717, 1.165) is 6.42 Å². The Bertz CT molecular complexity index is 206. The van der Waals surface area contributed by atoms with Gasteiger partial charge in [0.25, 0.3) is 0 Å². The lowest BCUT2D eigenvalue weighted by atomic mass is 9.97. The Morgan fingerprint density at radius 3 is 2.57 bits per heavy atom. The third-order valence-corrected chi connectivity index (χ3v) is 3.05. The third kappa shape index (κ3) is 4.15. The summed E-state index contributed by atoms with van der Waals surface area (Å²) in [7, 11) is 1.64. The summed E-state index contributed by atoms with van der Waals surface area (Å²) in [6.45, 7) is 3.96. The second-order valence-electron chi connectivity index (χ2n) is 3.38. The quantitative estimate of drug-likeness (QED) is 0.467. The largest absolute Gasteiger partial charge is 0.480 e. The number of likely N-dealkylation sites (N-methyl/N-ethyl adjacent to an activating group) is 1. The van der Waals surface area contributed by atoms with Crippen molar-refractivity contribution >= 4 is 18.6 Å². The van der Waals surface area contributed by atoms with E-state index in [1.165, 1.54) is 0 Å². The Morgan fingerprint density at radius 1 is 1.64 bits per heavy atom. The van der Waals surface area contributed by atoms with Gasteiger partial charge in [-0.3, -0.25) is 4.79 Å². The number of carboxylic acid groups (broad SMARTS) is 1. The molecule has 0 aromatic carbocycles. The molecule has 0 saturated carbocycles. The highest BCUT2D eigenvalue weighted by Gasteiger charge is 2.27. The molecule has 0 aromatic rings. The van der Waals surface area contributed by atoms with E-state index in [1.54, 1.807) is 7.05 Å². The molecule has 2 N–H and O–H groups in total. The zero-order valence-electron chi connectivity index (χ0n) is 8.90. The van der Waals surface area contributed by atoms with Crippen molar-refractivity contribution in [2.45, 2.75) is 31.6 Å². The van der Waals surface area contributed by atoms with Crippen LogP contribution in [0.2, 0.25) is 0 Å². The first kappa shape index (κ1) is 13.5. The molecule has 3 atom stereocenters. The minimum absolute atomic E-state index is 0.173. The molecule has 0 aliphatic heterocycles. The number of carboxylic acids is 1. The van der Waals surface area contributed by atoms with Crippen LogP contribution in [0.5, 0.6) is 0 Å². The van der Waals surface area contributed by atoms with Gasteiger partial charge in [-0.05, 0) is 26.3 Å². The summed E-state index contributed by atoms with van der Waals surface area (Å²) in [4.78, 5) is 10.8. The molecule has 0 saturated heterocycles. The lowest BCUT2D eigenvalue weighted by Gasteiger charge is -2.23. The Morgan fingerprint density at radius 2 is 2.21 bits per heavy atom. The van der Waals surface area contributed by atoms with E-state index in [-0.39, 0.29) is 11.2 Å². The first-order valence-electron chi connectivity index (χ1n) is 4.73. The Hall–Kier alpha value is -0.480. The topological polar surface area (TPSA) is 49.3 Å². The molecule has 0 spiro atoms. The number of hydrogen-bond acceptors (Lipinski definition) is 3. The molecule has 0 rings (SSSR count). The highest BCUT2D eigenvalue weighted by atomic mass is 32.1. The summed E-state index contributed by atoms with van der Waals surface area (Å²) >= 11 is 4.34. The van der Waals surface area contributed by atoms with Gasteiger partial charge in [-0.2, -0.15) is 12.6 Å². The van der Waals surface area contributed by atoms with Crippen molar-refractivity contribution in [2.24, 2.45) is 5.92 Å². The second kappa shape index (κ2) is 6.90. The Kier molecular flexibility index (Phi) is 6.66. The molecule has 82 valence electrons. The molecule has 0 aliphatic carbocycles. The number of hydrogen-bond donors (Lipinski definition) is 3. The fraction of sp³-hybridized carbons (Fsp3) is 0.700. The van der Waals surface area contributed by atoms with E-state index in [1.807, 2.05) is 26.0 Å². The van der Waals surface area contributed by atoms with Crippen LogP contribution in [0.4, 0.5) is 0 Å². The van der Waals surface area contributed by atoms with Gasteiger partial charge in [-0.1, -0.05) is 19.1 Å².